The van der Waals surface area contributed by atoms with Crippen molar-refractivity contribution in [3.63, 3.8) is 0 Å². The van der Waals surface area contributed by atoms with Crippen molar-refractivity contribution in [1.29, 1.82) is 0 Å². The summed E-state index contributed by atoms with van der Waals surface area (Å²) in [5.41, 5.74) is 1.89. The summed E-state index contributed by atoms with van der Waals surface area (Å²) < 4.78 is 37.0. The van der Waals surface area contributed by atoms with Crippen LogP contribution in [-0.4, -0.2) is 46.3 Å². The number of methoxy groups -OCH3 is 2. The Morgan fingerprint density at radius 3 is 2.43 bits per heavy atom. The van der Waals surface area contributed by atoms with Gasteiger partial charge in [-0.2, -0.15) is 0 Å². The molecule has 0 saturated heterocycles. The van der Waals surface area contributed by atoms with E-state index in [2.05, 4.69) is 5.32 Å². The Morgan fingerprint density at radius 2 is 1.79 bits per heavy atom. The summed E-state index contributed by atoms with van der Waals surface area (Å²) in [5, 5.41) is 3.95. The van der Waals surface area contributed by atoms with Crippen LogP contribution in [0.3, 0.4) is 0 Å². The average molecular weight is 427 g/mol. The minimum absolute atomic E-state index is 0.0790. The molecule has 0 aliphatic heterocycles. The van der Waals surface area contributed by atoms with E-state index in [1.54, 1.807) is 33.4 Å². The highest BCUT2D eigenvalue weighted by Crippen LogP contribution is 2.26. The molecule has 0 spiro atoms. The summed E-state index contributed by atoms with van der Waals surface area (Å²) >= 11 is 5.86. The van der Waals surface area contributed by atoms with Gasteiger partial charge < -0.3 is 14.8 Å². The van der Waals surface area contributed by atoms with E-state index in [0.717, 1.165) is 11.1 Å². The van der Waals surface area contributed by atoms with E-state index in [9.17, 15) is 8.42 Å². The minimum atomic E-state index is -3.36. The lowest BCUT2D eigenvalue weighted by Crippen LogP contribution is -2.30. The first kappa shape index (κ1) is 22.5. The van der Waals surface area contributed by atoms with Crippen molar-refractivity contribution in [3.8, 4) is 11.5 Å². The lowest BCUT2D eigenvalue weighted by Gasteiger charge is -2.19. The number of rotatable bonds is 11. The number of halogens is 1. The number of nitrogens with one attached hydrogen (secondary N) is 1. The van der Waals surface area contributed by atoms with Crippen LogP contribution in [0, 0.1) is 0 Å². The van der Waals surface area contributed by atoms with E-state index < -0.39 is 10.0 Å². The Kier molecular flexibility index (Phi) is 8.57. The molecule has 0 bridgehead atoms. The maximum atomic E-state index is 12.5. The van der Waals surface area contributed by atoms with Crippen LogP contribution in [0.4, 0.5) is 0 Å². The summed E-state index contributed by atoms with van der Waals surface area (Å²) in [5.74, 6) is 1.35. The van der Waals surface area contributed by atoms with Crippen LogP contribution in [0.15, 0.2) is 42.5 Å². The van der Waals surface area contributed by atoms with E-state index in [0.29, 0.717) is 36.0 Å². The highest BCUT2D eigenvalue weighted by atomic mass is 35.5. The van der Waals surface area contributed by atoms with Gasteiger partial charge in [0.2, 0.25) is 10.0 Å². The lowest BCUT2D eigenvalue weighted by atomic mass is 10.2. The van der Waals surface area contributed by atoms with Gasteiger partial charge >= 0.3 is 0 Å². The highest BCUT2D eigenvalue weighted by molar-refractivity contribution is 7.89. The third-order valence-electron chi connectivity index (χ3n) is 4.36. The molecular formula is C20H27ClN2O4S. The molecule has 8 heteroatoms. The molecule has 0 aromatic heterocycles. The topological polar surface area (TPSA) is 67.9 Å². The minimum Gasteiger partial charge on any atom is -0.497 e. The zero-order valence-electron chi connectivity index (χ0n) is 16.4. The Balaban J connectivity index is 1.82. The number of hydrogen-bond donors (Lipinski definition) is 1. The summed E-state index contributed by atoms with van der Waals surface area (Å²) in [6.07, 6.45) is 0.528. The predicted octanol–water partition coefficient (Wildman–Crippen LogP) is 3.30. The average Bonchev–Trinajstić information content (AvgIpc) is 2.69. The van der Waals surface area contributed by atoms with Gasteiger partial charge in [-0.05, 0) is 36.7 Å². The number of ether oxygens (including phenoxy) is 2. The molecule has 2 rings (SSSR count). The largest absolute Gasteiger partial charge is 0.497 e. The molecule has 0 heterocycles. The van der Waals surface area contributed by atoms with E-state index in [4.69, 9.17) is 21.1 Å². The maximum Gasteiger partial charge on any atom is 0.214 e. The van der Waals surface area contributed by atoms with Gasteiger partial charge in [0.25, 0.3) is 0 Å². The Bertz CT molecular complexity index is 857. The van der Waals surface area contributed by atoms with Crippen molar-refractivity contribution in [2.24, 2.45) is 0 Å². The highest BCUT2D eigenvalue weighted by Gasteiger charge is 2.19. The fourth-order valence-electron chi connectivity index (χ4n) is 2.69. The normalized spacial score (nSPS) is 11.6. The fourth-order valence-corrected chi connectivity index (χ4v) is 3.97. The molecule has 0 atom stereocenters. The maximum absolute atomic E-state index is 12.5. The Labute approximate surface area is 172 Å². The molecule has 0 aliphatic rings. The van der Waals surface area contributed by atoms with E-state index >= 15 is 0 Å². The second kappa shape index (κ2) is 10.7. The molecule has 2 aromatic rings. The summed E-state index contributed by atoms with van der Waals surface area (Å²) in [7, 11) is 1.35. The second-order valence-corrected chi connectivity index (χ2v) is 9.04. The molecule has 0 amide bonds. The van der Waals surface area contributed by atoms with Gasteiger partial charge in [0.05, 0.1) is 20.0 Å². The molecule has 1 N–H and O–H groups in total. The van der Waals surface area contributed by atoms with Crippen LogP contribution in [0.1, 0.15) is 17.5 Å². The van der Waals surface area contributed by atoms with E-state index in [1.807, 2.05) is 30.3 Å². The first-order valence-corrected chi connectivity index (χ1v) is 10.9. The van der Waals surface area contributed by atoms with Gasteiger partial charge in [0.1, 0.15) is 11.5 Å². The smallest absolute Gasteiger partial charge is 0.214 e. The predicted molar refractivity (Wildman–Crippen MR) is 113 cm³/mol. The molecule has 154 valence electrons. The standard InChI is InChI=1S/C20H27ClN2O4S/c1-23(15-17-7-10-19(26-2)13-20(17)27-3)28(24,25)12-4-11-22-14-16-5-8-18(21)9-6-16/h5-10,13,22H,4,11-12,14-15H2,1-3H3. The molecule has 0 radical (unpaired) electrons. The molecule has 0 fully saturated rings. The third-order valence-corrected chi connectivity index (χ3v) is 6.50. The zero-order chi connectivity index (χ0) is 20.6. The van der Waals surface area contributed by atoms with Gasteiger partial charge in [-0.1, -0.05) is 29.8 Å². The zero-order valence-corrected chi connectivity index (χ0v) is 18.0. The van der Waals surface area contributed by atoms with Gasteiger partial charge in [0.15, 0.2) is 0 Å². The van der Waals surface area contributed by atoms with Crippen LogP contribution < -0.4 is 14.8 Å². The van der Waals surface area contributed by atoms with Crippen LogP contribution in [0.25, 0.3) is 0 Å². The molecule has 2 aromatic carbocycles. The molecule has 6 nitrogen and oxygen atoms in total. The number of nitrogens with zero attached hydrogens (tertiary/aromatic N) is 1. The van der Waals surface area contributed by atoms with Crippen LogP contribution in [0.5, 0.6) is 11.5 Å². The number of hydrogen-bond acceptors (Lipinski definition) is 5. The summed E-state index contributed by atoms with van der Waals surface area (Å²) in [4.78, 5) is 0. The monoisotopic (exact) mass is 426 g/mol. The van der Waals surface area contributed by atoms with Gasteiger partial charge in [-0.25, -0.2) is 12.7 Å². The number of benzene rings is 2. The van der Waals surface area contributed by atoms with Gasteiger partial charge in [-0.15, -0.1) is 0 Å². The van der Waals surface area contributed by atoms with Crippen molar-refractivity contribution in [2.75, 3.05) is 33.6 Å². The van der Waals surface area contributed by atoms with Crippen molar-refractivity contribution < 1.29 is 17.9 Å². The van der Waals surface area contributed by atoms with Crippen LogP contribution >= 0.6 is 11.6 Å². The van der Waals surface area contributed by atoms with Crippen LogP contribution in [-0.2, 0) is 23.1 Å². The summed E-state index contributed by atoms with van der Waals surface area (Å²) in [6.45, 7) is 1.53. The van der Waals surface area contributed by atoms with Crippen LogP contribution in [0.2, 0.25) is 5.02 Å². The fraction of sp³-hybridized carbons (Fsp3) is 0.400. The van der Waals surface area contributed by atoms with Gasteiger partial charge in [0, 0.05) is 36.8 Å². The van der Waals surface area contributed by atoms with Crippen molar-refractivity contribution in [2.45, 2.75) is 19.5 Å². The molecule has 28 heavy (non-hydrogen) atoms. The Hall–Kier alpha value is -1.80. The molecule has 0 unspecified atom stereocenters. The van der Waals surface area contributed by atoms with Crippen molar-refractivity contribution >= 4 is 21.6 Å². The van der Waals surface area contributed by atoms with E-state index in [1.165, 1.54) is 4.31 Å². The molecule has 0 saturated carbocycles. The van der Waals surface area contributed by atoms with Gasteiger partial charge in [-0.3, -0.25) is 0 Å². The summed E-state index contributed by atoms with van der Waals surface area (Å²) in [6, 6.07) is 12.9. The second-order valence-electron chi connectivity index (χ2n) is 6.41. The first-order valence-electron chi connectivity index (χ1n) is 8.96. The van der Waals surface area contributed by atoms with Crippen molar-refractivity contribution in [1.82, 2.24) is 9.62 Å². The SMILES string of the molecule is COc1ccc(CN(C)S(=O)(=O)CCCNCc2ccc(Cl)cc2)c(OC)c1. The quantitative estimate of drug-likeness (QED) is 0.558. The molecule has 0 aliphatic carbocycles. The van der Waals surface area contributed by atoms with E-state index in [-0.39, 0.29) is 12.3 Å². The molecular weight excluding hydrogens is 400 g/mol. The number of sulfonamides is 1. The van der Waals surface area contributed by atoms with Crippen molar-refractivity contribution in [3.05, 3.63) is 58.6 Å². The Morgan fingerprint density at radius 1 is 1.07 bits per heavy atom. The first-order chi connectivity index (χ1) is 13.4. The third kappa shape index (κ3) is 6.67. The lowest BCUT2D eigenvalue weighted by molar-refractivity contribution is 0.384.